The molecule has 0 heterocycles. The molecule has 1 saturated carbocycles. The molecule has 82 valence electrons. The van der Waals surface area contributed by atoms with Gasteiger partial charge in [0.1, 0.15) is 0 Å². The number of amides is 1. The van der Waals surface area contributed by atoms with E-state index < -0.39 is 0 Å². The average molecular weight is 198 g/mol. The third-order valence-corrected chi connectivity index (χ3v) is 2.80. The predicted octanol–water partition coefficient (Wildman–Crippen LogP) is 1.10. The molecule has 0 aromatic rings. The zero-order valence-corrected chi connectivity index (χ0v) is 9.55. The van der Waals surface area contributed by atoms with E-state index >= 15 is 0 Å². The zero-order chi connectivity index (χ0) is 10.6. The van der Waals surface area contributed by atoms with Crippen LogP contribution in [0.1, 0.15) is 26.7 Å². The number of hydrogen-bond acceptors (Lipinski definition) is 2. The highest BCUT2D eigenvalue weighted by Crippen LogP contribution is 2.29. The monoisotopic (exact) mass is 198 g/mol. The Kier molecular flexibility index (Phi) is 4.39. The lowest BCUT2D eigenvalue weighted by Crippen LogP contribution is -2.39. The van der Waals surface area contributed by atoms with Crippen LogP contribution in [-0.2, 0) is 4.79 Å². The highest BCUT2D eigenvalue weighted by Gasteiger charge is 2.27. The van der Waals surface area contributed by atoms with E-state index in [0.29, 0.717) is 5.91 Å². The van der Waals surface area contributed by atoms with Crippen molar-refractivity contribution in [2.45, 2.75) is 26.7 Å². The SMILES string of the molecule is CCN(CC1CC1)C(=O)C(C)CNC. The molecule has 0 aliphatic heterocycles. The van der Waals surface area contributed by atoms with E-state index in [1.165, 1.54) is 12.8 Å². The minimum absolute atomic E-state index is 0.110. The molecule has 1 rings (SSSR count). The Labute approximate surface area is 86.9 Å². The van der Waals surface area contributed by atoms with E-state index in [2.05, 4.69) is 12.2 Å². The molecule has 1 unspecified atom stereocenters. The van der Waals surface area contributed by atoms with Crippen molar-refractivity contribution in [1.29, 1.82) is 0 Å². The molecule has 0 bridgehead atoms. The first kappa shape index (κ1) is 11.5. The first-order chi connectivity index (χ1) is 6.69. The van der Waals surface area contributed by atoms with Gasteiger partial charge in [0.05, 0.1) is 0 Å². The Balaban J connectivity index is 2.36. The minimum atomic E-state index is 0.110. The van der Waals surface area contributed by atoms with Crippen molar-refractivity contribution in [1.82, 2.24) is 10.2 Å². The average Bonchev–Trinajstić information content (AvgIpc) is 2.97. The number of nitrogens with one attached hydrogen (secondary N) is 1. The summed E-state index contributed by atoms with van der Waals surface area (Å²) in [6, 6.07) is 0. The minimum Gasteiger partial charge on any atom is -0.342 e. The van der Waals surface area contributed by atoms with Crippen LogP contribution in [0, 0.1) is 11.8 Å². The van der Waals surface area contributed by atoms with Crippen LogP contribution in [0.3, 0.4) is 0 Å². The van der Waals surface area contributed by atoms with Crippen molar-refractivity contribution in [3.8, 4) is 0 Å². The second-order valence-corrected chi connectivity index (χ2v) is 4.28. The Morgan fingerprint density at radius 2 is 2.21 bits per heavy atom. The van der Waals surface area contributed by atoms with E-state index in [1.807, 2.05) is 18.9 Å². The van der Waals surface area contributed by atoms with Crippen molar-refractivity contribution >= 4 is 5.91 Å². The molecule has 3 nitrogen and oxygen atoms in total. The predicted molar refractivity (Wildman–Crippen MR) is 58.1 cm³/mol. The Bertz CT molecular complexity index is 190. The molecule has 1 fully saturated rings. The van der Waals surface area contributed by atoms with Crippen LogP contribution < -0.4 is 5.32 Å². The summed E-state index contributed by atoms with van der Waals surface area (Å²) in [4.78, 5) is 13.9. The summed E-state index contributed by atoms with van der Waals surface area (Å²) in [6.07, 6.45) is 2.62. The van der Waals surface area contributed by atoms with E-state index in [9.17, 15) is 4.79 Å². The van der Waals surface area contributed by atoms with Gasteiger partial charge in [0, 0.05) is 25.6 Å². The van der Waals surface area contributed by atoms with Gasteiger partial charge in [-0.05, 0) is 32.7 Å². The molecule has 1 aliphatic carbocycles. The van der Waals surface area contributed by atoms with Gasteiger partial charge >= 0.3 is 0 Å². The highest BCUT2D eigenvalue weighted by atomic mass is 16.2. The van der Waals surface area contributed by atoms with Crippen LogP contribution in [-0.4, -0.2) is 37.5 Å². The van der Waals surface area contributed by atoms with Crippen LogP contribution in [0.4, 0.5) is 0 Å². The molecule has 1 atom stereocenters. The molecule has 0 aromatic carbocycles. The quantitative estimate of drug-likeness (QED) is 0.693. The van der Waals surface area contributed by atoms with Gasteiger partial charge in [-0.15, -0.1) is 0 Å². The summed E-state index contributed by atoms with van der Waals surface area (Å²) in [5.41, 5.74) is 0. The number of carbonyl (C=O) groups excluding carboxylic acids is 1. The second-order valence-electron chi connectivity index (χ2n) is 4.28. The van der Waals surface area contributed by atoms with Crippen molar-refractivity contribution in [3.05, 3.63) is 0 Å². The second kappa shape index (κ2) is 5.35. The largest absolute Gasteiger partial charge is 0.342 e. The lowest BCUT2D eigenvalue weighted by atomic mass is 10.1. The topological polar surface area (TPSA) is 32.3 Å². The summed E-state index contributed by atoms with van der Waals surface area (Å²) in [5.74, 6) is 1.20. The van der Waals surface area contributed by atoms with Crippen molar-refractivity contribution in [2.24, 2.45) is 11.8 Å². The van der Waals surface area contributed by atoms with Crippen LogP contribution >= 0.6 is 0 Å². The summed E-state index contributed by atoms with van der Waals surface area (Å²) < 4.78 is 0. The molecule has 3 heteroatoms. The standard InChI is InChI=1S/C11H22N2O/c1-4-13(8-10-5-6-10)11(14)9(2)7-12-3/h9-10,12H,4-8H2,1-3H3. The Hall–Kier alpha value is -0.570. The molecular weight excluding hydrogens is 176 g/mol. The Morgan fingerprint density at radius 1 is 1.57 bits per heavy atom. The maximum absolute atomic E-state index is 11.9. The number of rotatable bonds is 6. The summed E-state index contributed by atoms with van der Waals surface area (Å²) in [6.45, 7) is 6.66. The molecule has 1 amide bonds. The van der Waals surface area contributed by atoms with E-state index in [-0.39, 0.29) is 5.92 Å². The maximum Gasteiger partial charge on any atom is 0.226 e. The van der Waals surface area contributed by atoms with Crippen LogP contribution in [0.25, 0.3) is 0 Å². The maximum atomic E-state index is 11.9. The van der Waals surface area contributed by atoms with E-state index in [1.54, 1.807) is 0 Å². The molecule has 14 heavy (non-hydrogen) atoms. The number of nitrogens with zero attached hydrogens (tertiary/aromatic N) is 1. The van der Waals surface area contributed by atoms with Crippen molar-refractivity contribution < 1.29 is 4.79 Å². The first-order valence-electron chi connectivity index (χ1n) is 5.62. The fourth-order valence-electron chi connectivity index (χ4n) is 1.69. The van der Waals surface area contributed by atoms with Gasteiger partial charge in [-0.2, -0.15) is 0 Å². The number of carbonyl (C=O) groups is 1. The van der Waals surface area contributed by atoms with Crippen LogP contribution in [0.5, 0.6) is 0 Å². The van der Waals surface area contributed by atoms with Crippen LogP contribution in [0.2, 0.25) is 0 Å². The molecular formula is C11H22N2O. The third-order valence-electron chi connectivity index (χ3n) is 2.80. The molecule has 1 N–H and O–H groups in total. The molecule has 1 aliphatic rings. The van der Waals surface area contributed by atoms with Gasteiger partial charge in [-0.3, -0.25) is 4.79 Å². The summed E-state index contributed by atoms with van der Waals surface area (Å²) in [5, 5.41) is 3.05. The van der Waals surface area contributed by atoms with Crippen LogP contribution in [0.15, 0.2) is 0 Å². The van der Waals surface area contributed by atoms with Gasteiger partial charge in [0.2, 0.25) is 5.91 Å². The van der Waals surface area contributed by atoms with Crippen molar-refractivity contribution in [3.63, 3.8) is 0 Å². The fourth-order valence-corrected chi connectivity index (χ4v) is 1.69. The molecule has 0 aromatic heterocycles. The lowest BCUT2D eigenvalue weighted by Gasteiger charge is -2.24. The normalized spacial score (nSPS) is 17.9. The van der Waals surface area contributed by atoms with Gasteiger partial charge in [-0.1, -0.05) is 6.92 Å². The van der Waals surface area contributed by atoms with Gasteiger partial charge in [-0.25, -0.2) is 0 Å². The lowest BCUT2D eigenvalue weighted by molar-refractivity contribution is -0.134. The first-order valence-corrected chi connectivity index (χ1v) is 5.62. The summed E-state index contributed by atoms with van der Waals surface area (Å²) >= 11 is 0. The fraction of sp³-hybridized carbons (Fsp3) is 0.909. The molecule has 0 spiro atoms. The summed E-state index contributed by atoms with van der Waals surface area (Å²) in [7, 11) is 1.89. The molecule has 0 radical (unpaired) electrons. The number of hydrogen-bond donors (Lipinski definition) is 1. The van der Waals surface area contributed by atoms with Gasteiger partial charge in [0.15, 0.2) is 0 Å². The van der Waals surface area contributed by atoms with Crippen molar-refractivity contribution in [2.75, 3.05) is 26.7 Å². The van der Waals surface area contributed by atoms with Gasteiger partial charge < -0.3 is 10.2 Å². The molecule has 0 saturated heterocycles. The smallest absolute Gasteiger partial charge is 0.226 e. The van der Waals surface area contributed by atoms with E-state index in [0.717, 1.165) is 25.6 Å². The third kappa shape index (κ3) is 3.29. The Morgan fingerprint density at radius 3 is 2.64 bits per heavy atom. The van der Waals surface area contributed by atoms with Gasteiger partial charge in [0.25, 0.3) is 0 Å². The van der Waals surface area contributed by atoms with E-state index in [4.69, 9.17) is 0 Å². The highest BCUT2D eigenvalue weighted by molar-refractivity contribution is 5.78. The zero-order valence-electron chi connectivity index (χ0n) is 9.55.